The number of nitrogens with zero attached hydrogens (tertiary/aromatic N) is 1. The van der Waals surface area contributed by atoms with Crippen molar-refractivity contribution in [1.82, 2.24) is 4.98 Å². The zero-order valence-corrected chi connectivity index (χ0v) is 9.65. The number of hydrogen-bond acceptors (Lipinski definition) is 4. The molecule has 0 aliphatic heterocycles. The van der Waals surface area contributed by atoms with Crippen LogP contribution in [0.3, 0.4) is 0 Å². The number of ketones is 1. The van der Waals surface area contributed by atoms with Crippen molar-refractivity contribution < 1.29 is 4.79 Å². The molecule has 4 nitrogen and oxygen atoms in total. The van der Waals surface area contributed by atoms with Gasteiger partial charge in [-0.15, -0.1) is 0 Å². The predicted molar refractivity (Wildman–Crippen MR) is 64.9 cm³/mol. The highest BCUT2D eigenvalue weighted by atomic mass is 16.1. The molecule has 1 atom stereocenters. The largest absolute Gasteiger partial charge is 0.398 e. The quantitative estimate of drug-likeness (QED) is 0.758. The highest BCUT2D eigenvalue weighted by Crippen LogP contribution is 2.11. The maximum Gasteiger partial charge on any atom is 0.137 e. The summed E-state index contributed by atoms with van der Waals surface area (Å²) in [6, 6.07) is 1.88. The molecular formula is C12H19N3O. The Morgan fingerprint density at radius 2 is 2.31 bits per heavy atom. The number of carbonyl (C=O) groups excluding carboxylic acids is 1. The van der Waals surface area contributed by atoms with Gasteiger partial charge in [0.2, 0.25) is 0 Å². The van der Waals surface area contributed by atoms with Gasteiger partial charge >= 0.3 is 0 Å². The highest BCUT2D eigenvalue weighted by Gasteiger charge is 2.07. The molecular weight excluding hydrogens is 202 g/mol. The fraction of sp³-hybridized carbons (Fsp3) is 0.500. The van der Waals surface area contributed by atoms with Crippen LogP contribution in [0.15, 0.2) is 18.5 Å². The van der Waals surface area contributed by atoms with Crippen molar-refractivity contribution in [3.63, 3.8) is 0 Å². The van der Waals surface area contributed by atoms with Gasteiger partial charge in [-0.05, 0) is 25.8 Å². The third kappa shape index (κ3) is 4.40. The molecule has 0 saturated carbocycles. The Morgan fingerprint density at radius 1 is 1.56 bits per heavy atom. The van der Waals surface area contributed by atoms with Crippen molar-refractivity contribution in [3.05, 3.63) is 24.0 Å². The molecule has 1 heterocycles. The second kappa shape index (κ2) is 6.23. The molecule has 0 saturated heterocycles. The first-order valence-electron chi connectivity index (χ1n) is 5.55. The van der Waals surface area contributed by atoms with Crippen molar-refractivity contribution in [3.8, 4) is 0 Å². The van der Waals surface area contributed by atoms with Crippen molar-refractivity contribution in [2.75, 3.05) is 5.73 Å². The average Bonchev–Trinajstić information content (AvgIpc) is 2.21. The first kappa shape index (κ1) is 12.6. The predicted octanol–water partition coefficient (Wildman–Crippen LogP) is 1.29. The molecule has 0 aliphatic rings. The maximum atomic E-state index is 11.6. The summed E-state index contributed by atoms with van der Waals surface area (Å²) in [7, 11) is 0. The molecule has 0 fully saturated rings. The Hall–Kier alpha value is -1.42. The van der Waals surface area contributed by atoms with Gasteiger partial charge in [-0.25, -0.2) is 0 Å². The second-order valence-electron chi connectivity index (χ2n) is 4.16. The maximum absolute atomic E-state index is 11.6. The van der Waals surface area contributed by atoms with E-state index in [2.05, 4.69) is 4.98 Å². The van der Waals surface area contributed by atoms with Crippen LogP contribution >= 0.6 is 0 Å². The summed E-state index contributed by atoms with van der Waals surface area (Å²) >= 11 is 0. The van der Waals surface area contributed by atoms with E-state index in [1.54, 1.807) is 18.5 Å². The zero-order chi connectivity index (χ0) is 12.0. The monoisotopic (exact) mass is 221 g/mol. The van der Waals surface area contributed by atoms with Gasteiger partial charge in [0, 0.05) is 42.5 Å². The zero-order valence-electron chi connectivity index (χ0n) is 9.65. The molecule has 4 heteroatoms. The molecule has 1 aromatic rings. The molecule has 1 aromatic heterocycles. The molecule has 0 spiro atoms. The van der Waals surface area contributed by atoms with Crippen LogP contribution in [0.2, 0.25) is 0 Å². The average molecular weight is 221 g/mol. The van der Waals surface area contributed by atoms with E-state index in [9.17, 15) is 4.79 Å². The normalized spacial score (nSPS) is 12.4. The number of anilines is 1. The minimum atomic E-state index is 0.163. The summed E-state index contributed by atoms with van der Waals surface area (Å²) in [5.74, 6) is 0.195. The molecule has 16 heavy (non-hydrogen) atoms. The van der Waals surface area contributed by atoms with Gasteiger partial charge in [0.15, 0.2) is 0 Å². The van der Waals surface area contributed by atoms with Gasteiger partial charge in [-0.1, -0.05) is 0 Å². The third-order valence-corrected chi connectivity index (χ3v) is 2.44. The number of pyridine rings is 1. The van der Waals surface area contributed by atoms with E-state index in [4.69, 9.17) is 11.5 Å². The molecule has 4 N–H and O–H groups in total. The molecule has 0 aliphatic carbocycles. The van der Waals surface area contributed by atoms with Crippen LogP contribution in [-0.2, 0) is 11.2 Å². The first-order chi connectivity index (χ1) is 7.59. The fourth-order valence-corrected chi connectivity index (χ4v) is 1.51. The molecule has 0 amide bonds. The van der Waals surface area contributed by atoms with Gasteiger partial charge < -0.3 is 11.5 Å². The van der Waals surface area contributed by atoms with Crippen LogP contribution in [0.1, 0.15) is 31.7 Å². The van der Waals surface area contributed by atoms with Crippen LogP contribution in [0.4, 0.5) is 5.69 Å². The Bertz CT molecular complexity index is 350. The summed E-state index contributed by atoms with van der Waals surface area (Å²) in [6.07, 6.45) is 5.94. The molecule has 88 valence electrons. The SMILES string of the molecule is CC(N)CCCC(=O)Cc1cnccc1N. The van der Waals surface area contributed by atoms with Gasteiger partial charge in [0.1, 0.15) is 5.78 Å². The van der Waals surface area contributed by atoms with Crippen LogP contribution in [0.5, 0.6) is 0 Å². The van der Waals surface area contributed by atoms with E-state index in [0.717, 1.165) is 18.4 Å². The first-order valence-corrected chi connectivity index (χ1v) is 5.55. The number of aromatic nitrogens is 1. The number of Topliss-reactive ketones (excluding diaryl/α,β-unsaturated/α-hetero) is 1. The van der Waals surface area contributed by atoms with Crippen molar-refractivity contribution in [1.29, 1.82) is 0 Å². The van der Waals surface area contributed by atoms with Crippen molar-refractivity contribution in [2.24, 2.45) is 5.73 Å². The van der Waals surface area contributed by atoms with E-state index in [-0.39, 0.29) is 11.8 Å². The molecule has 1 unspecified atom stereocenters. The number of hydrogen-bond donors (Lipinski definition) is 2. The third-order valence-electron chi connectivity index (χ3n) is 2.44. The summed E-state index contributed by atoms with van der Waals surface area (Å²) in [5, 5.41) is 0. The topological polar surface area (TPSA) is 82.0 Å². The smallest absolute Gasteiger partial charge is 0.137 e. The summed E-state index contributed by atoms with van der Waals surface area (Å²) in [4.78, 5) is 15.6. The summed E-state index contributed by atoms with van der Waals surface area (Å²) in [6.45, 7) is 1.95. The van der Waals surface area contributed by atoms with Crippen LogP contribution in [-0.4, -0.2) is 16.8 Å². The van der Waals surface area contributed by atoms with Crippen molar-refractivity contribution >= 4 is 11.5 Å². The lowest BCUT2D eigenvalue weighted by atomic mass is 10.0. The molecule has 1 rings (SSSR count). The van der Waals surface area contributed by atoms with Crippen molar-refractivity contribution in [2.45, 2.75) is 38.6 Å². The van der Waals surface area contributed by atoms with E-state index >= 15 is 0 Å². The Balaban J connectivity index is 2.37. The lowest BCUT2D eigenvalue weighted by molar-refractivity contribution is -0.118. The number of nitrogens with two attached hydrogens (primary N) is 2. The van der Waals surface area contributed by atoms with Gasteiger partial charge in [0.25, 0.3) is 0 Å². The fourth-order valence-electron chi connectivity index (χ4n) is 1.51. The lowest BCUT2D eigenvalue weighted by Gasteiger charge is -2.05. The molecule has 0 aromatic carbocycles. The van der Waals surface area contributed by atoms with E-state index < -0.39 is 0 Å². The minimum Gasteiger partial charge on any atom is -0.398 e. The van der Waals surface area contributed by atoms with E-state index in [1.807, 2.05) is 6.92 Å². The van der Waals surface area contributed by atoms with E-state index in [1.165, 1.54) is 0 Å². The number of carbonyl (C=O) groups is 1. The second-order valence-corrected chi connectivity index (χ2v) is 4.16. The molecule has 0 radical (unpaired) electrons. The highest BCUT2D eigenvalue weighted by molar-refractivity contribution is 5.82. The van der Waals surface area contributed by atoms with Gasteiger partial charge in [0.05, 0.1) is 0 Å². The lowest BCUT2D eigenvalue weighted by Crippen LogP contribution is -2.15. The number of rotatable bonds is 6. The van der Waals surface area contributed by atoms with Crippen LogP contribution in [0.25, 0.3) is 0 Å². The minimum absolute atomic E-state index is 0.163. The van der Waals surface area contributed by atoms with E-state index in [0.29, 0.717) is 18.5 Å². The summed E-state index contributed by atoms with van der Waals surface area (Å²) in [5.41, 5.74) is 12.8. The summed E-state index contributed by atoms with van der Waals surface area (Å²) < 4.78 is 0. The van der Waals surface area contributed by atoms with Crippen LogP contribution < -0.4 is 11.5 Å². The number of nitrogen functional groups attached to an aromatic ring is 1. The Kier molecular flexibility index (Phi) is 4.92. The molecule has 0 bridgehead atoms. The standard InChI is InChI=1S/C12H19N3O/c1-9(13)3-2-4-11(16)7-10-8-15-6-5-12(10)14/h5-6,8-9H,2-4,7,13H2,1H3,(H2,14,15). The van der Waals surface area contributed by atoms with Gasteiger partial charge in [-0.3, -0.25) is 9.78 Å². The van der Waals surface area contributed by atoms with Gasteiger partial charge in [-0.2, -0.15) is 0 Å². The Labute approximate surface area is 96.0 Å². The van der Waals surface area contributed by atoms with Crippen LogP contribution in [0, 0.1) is 0 Å². The Morgan fingerprint density at radius 3 is 2.94 bits per heavy atom.